The van der Waals surface area contributed by atoms with Crippen LogP contribution in [0.3, 0.4) is 0 Å². The molecule has 0 saturated heterocycles. The third kappa shape index (κ3) is 6.23. The van der Waals surface area contributed by atoms with E-state index in [-0.39, 0.29) is 30.8 Å². The molecule has 9 heteroatoms. The summed E-state index contributed by atoms with van der Waals surface area (Å²) >= 11 is 12.0. The second-order valence-corrected chi connectivity index (χ2v) is 6.84. The van der Waals surface area contributed by atoms with Crippen LogP contribution in [0.4, 0.5) is 11.4 Å². The number of nitrogens with one attached hydrogen (secondary N) is 3. The van der Waals surface area contributed by atoms with Gasteiger partial charge in [-0.15, -0.1) is 0 Å². The Morgan fingerprint density at radius 2 is 1.43 bits per heavy atom. The Kier molecular flexibility index (Phi) is 7.80. The average molecular weight is 423 g/mol. The molecule has 3 N–H and O–H groups in total. The van der Waals surface area contributed by atoms with Crippen molar-refractivity contribution in [2.75, 3.05) is 37.8 Å². The summed E-state index contributed by atoms with van der Waals surface area (Å²) in [5.41, 5.74) is 1.38. The minimum absolute atomic E-state index is 0.000865. The Morgan fingerprint density at radius 1 is 0.893 bits per heavy atom. The lowest BCUT2D eigenvalue weighted by Crippen LogP contribution is -2.36. The number of hydrogen-bond acceptors (Lipinski definition) is 4. The summed E-state index contributed by atoms with van der Waals surface area (Å²) in [6.07, 6.45) is 0. The molecule has 0 aliphatic rings. The Bertz CT molecular complexity index is 852. The zero-order chi connectivity index (χ0) is 20.7. The standard InChI is InChI=1S/C19H20Cl2N4O3/c1-22-19(28)12-6-8-13(9-7-12)23-16(26)10-25(2)11-17(27)24-18-14(20)4-3-5-15(18)21/h3-9H,10-11H2,1-2H3,(H,22,28)(H,23,26)(H,24,27). The molecule has 0 saturated carbocycles. The first-order chi connectivity index (χ1) is 13.3. The molecule has 28 heavy (non-hydrogen) atoms. The van der Waals surface area contributed by atoms with Crippen molar-refractivity contribution in [3.8, 4) is 0 Å². The summed E-state index contributed by atoms with van der Waals surface area (Å²) in [4.78, 5) is 37.4. The van der Waals surface area contributed by atoms with Gasteiger partial charge in [0.05, 0.1) is 28.8 Å². The van der Waals surface area contributed by atoms with E-state index in [0.717, 1.165) is 0 Å². The molecular formula is C19H20Cl2N4O3. The first kappa shape index (κ1) is 21.7. The van der Waals surface area contributed by atoms with Gasteiger partial charge >= 0.3 is 0 Å². The second kappa shape index (κ2) is 10.1. The summed E-state index contributed by atoms with van der Waals surface area (Å²) in [5, 5.41) is 8.54. The lowest BCUT2D eigenvalue weighted by atomic mass is 10.2. The van der Waals surface area contributed by atoms with E-state index >= 15 is 0 Å². The molecule has 0 aliphatic carbocycles. The molecule has 0 bridgehead atoms. The third-order valence-electron chi connectivity index (χ3n) is 3.71. The van der Waals surface area contributed by atoms with Crippen LogP contribution in [-0.2, 0) is 9.59 Å². The lowest BCUT2D eigenvalue weighted by molar-refractivity contribution is -0.119. The Hall–Kier alpha value is -2.61. The van der Waals surface area contributed by atoms with Gasteiger partial charge in [0, 0.05) is 18.3 Å². The number of carbonyl (C=O) groups excluding carboxylic acids is 3. The second-order valence-electron chi connectivity index (χ2n) is 6.02. The number of rotatable bonds is 7. The van der Waals surface area contributed by atoms with Gasteiger partial charge < -0.3 is 16.0 Å². The Labute approximate surface area is 173 Å². The largest absolute Gasteiger partial charge is 0.355 e. The highest BCUT2D eigenvalue weighted by Gasteiger charge is 2.14. The fourth-order valence-electron chi connectivity index (χ4n) is 2.39. The maximum absolute atomic E-state index is 12.2. The van der Waals surface area contributed by atoms with Gasteiger partial charge in [0.25, 0.3) is 5.91 Å². The topological polar surface area (TPSA) is 90.5 Å². The van der Waals surface area contributed by atoms with Crippen LogP contribution in [0.5, 0.6) is 0 Å². The highest BCUT2D eigenvalue weighted by molar-refractivity contribution is 6.39. The fourth-order valence-corrected chi connectivity index (χ4v) is 2.88. The van der Waals surface area contributed by atoms with Crippen molar-refractivity contribution in [2.24, 2.45) is 0 Å². The van der Waals surface area contributed by atoms with E-state index in [1.807, 2.05) is 0 Å². The van der Waals surface area contributed by atoms with Crippen LogP contribution in [0.2, 0.25) is 10.0 Å². The molecule has 0 aromatic heterocycles. The van der Waals surface area contributed by atoms with Crippen LogP contribution in [0.15, 0.2) is 42.5 Å². The van der Waals surface area contributed by atoms with E-state index in [1.165, 1.54) is 0 Å². The number of nitrogens with zero attached hydrogens (tertiary/aromatic N) is 1. The van der Waals surface area contributed by atoms with Crippen LogP contribution in [-0.4, -0.2) is 49.8 Å². The maximum Gasteiger partial charge on any atom is 0.251 e. The van der Waals surface area contributed by atoms with Gasteiger partial charge in [0.1, 0.15) is 0 Å². The van der Waals surface area contributed by atoms with E-state index in [1.54, 1.807) is 61.5 Å². The zero-order valence-electron chi connectivity index (χ0n) is 15.4. The Balaban J connectivity index is 1.85. The quantitative estimate of drug-likeness (QED) is 0.639. The van der Waals surface area contributed by atoms with Gasteiger partial charge in [-0.2, -0.15) is 0 Å². The van der Waals surface area contributed by atoms with Crippen LogP contribution < -0.4 is 16.0 Å². The van der Waals surface area contributed by atoms with Crippen molar-refractivity contribution in [1.82, 2.24) is 10.2 Å². The highest BCUT2D eigenvalue weighted by atomic mass is 35.5. The predicted octanol–water partition coefficient (Wildman–Crippen LogP) is 2.86. The molecule has 2 rings (SSSR count). The number of amides is 3. The van der Waals surface area contributed by atoms with Crippen molar-refractivity contribution < 1.29 is 14.4 Å². The summed E-state index contributed by atoms with van der Waals surface area (Å²) in [6.45, 7) is -0.0224. The minimum Gasteiger partial charge on any atom is -0.355 e. The van der Waals surface area contributed by atoms with Gasteiger partial charge in [0.2, 0.25) is 11.8 Å². The average Bonchev–Trinajstić information content (AvgIpc) is 2.64. The highest BCUT2D eigenvalue weighted by Crippen LogP contribution is 2.29. The number of likely N-dealkylation sites (N-methyl/N-ethyl adjacent to an activating group) is 1. The van der Waals surface area contributed by atoms with Gasteiger partial charge in [-0.25, -0.2) is 0 Å². The fraction of sp³-hybridized carbons (Fsp3) is 0.211. The van der Waals surface area contributed by atoms with Crippen LogP contribution >= 0.6 is 23.2 Å². The molecule has 2 aromatic rings. The first-order valence-electron chi connectivity index (χ1n) is 8.34. The number of carbonyl (C=O) groups is 3. The van der Waals surface area contributed by atoms with Crippen molar-refractivity contribution in [3.63, 3.8) is 0 Å². The van der Waals surface area contributed by atoms with Crippen LogP contribution in [0.1, 0.15) is 10.4 Å². The van der Waals surface area contributed by atoms with Crippen molar-refractivity contribution in [2.45, 2.75) is 0 Å². The zero-order valence-corrected chi connectivity index (χ0v) is 16.9. The molecule has 0 spiro atoms. The van der Waals surface area contributed by atoms with Crippen molar-refractivity contribution >= 4 is 52.3 Å². The summed E-state index contributed by atoms with van der Waals surface area (Å²) < 4.78 is 0. The molecule has 0 heterocycles. The summed E-state index contributed by atoms with van der Waals surface area (Å²) in [6, 6.07) is 11.4. The minimum atomic E-state index is -0.347. The normalized spacial score (nSPS) is 10.5. The monoisotopic (exact) mass is 422 g/mol. The summed E-state index contributed by atoms with van der Waals surface area (Å²) in [7, 11) is 3.19. The predicted molar refractivity (Wildman–Crippen MR) is 111 cm³/mol. The van der Waals surface area contributed by atoms with Crippen LogP contribution in [0.25, 0.3) is 0 Å². The Morgan fingerprint density at radius 3 is 1.96 bits per heavy atom. The molecule has 2 aromatic carbocycles. The molecule has 3 amide bonds. The molecule has 0 atom stereocenters. The molecule has 0 unspecified atom stereocenters. The van der Waals surface area contributed by atoms with Crippen molar-refractivity contribution in [3.05, 3.63) is 58.1 Å². The van der Waals surface area contributed by atoms with Crippen molar-refractivity contribution in [1.29, 1.82) is 0 Å². The number of hydrogen-bond donors (Lipinski definition) is 3. The molecule has 148 valence electrons. The molecule has 7 nitrogen and oxygen atoms in total. The van der Waals surface area contributed by atoms with E-state index in [4.69, 9.17) is 23.2 Å². The lowest BCUT2D eigenvalue weighted by Gasteiger charge is -2.17. The van der Waals surface area contributed by atoms with Gasteiger partial charge in [-0.05, 0) is 43.4 Å². The smallest absolute Gasteiger partial charge is 0.251 e. The molecule has 0 aliphatic heterocycles. The first-order valence-corrected chi connectivity index (χ1v) is 9.10. The van der Waals surface area contributed by atoms with Gasteiger partial charge in [-0.3, -0.25) is 19.3 Å². The third-order valence-corrected chi connectivity index (χ3v) is 4.34. The number of halogens is 2. The maximum atomic E-state index is 12.2. The van der Waals surface area contributed by atoms with E-state index < -0.39 is 0 Å². The van der Waals surface area contributed by atoms with Gasteiger partial charge in [0.15, 0.2) is 0 Å². The molecule has 0 fully saturated rings. The van der Waals surface area contributed by atoms with E-state index in [0.29, 0.717) is 27.0 Å². The number of anilines is 2. The van der Waals surface area contributed by atoms with Crippen LogP contribution in [0, 0.1) is 0 Å². The van der Waals surface area contributed by atoms with E-state index in [9.17, 15) is 14.4 Å². The van der Waals surface area contributed by atoms with E-state index in [2.05, 4.69) is 16.0 Å². The molecular weight excluding hydrogens is 403 g/mol. The summed E-state index contributed by atoms with van der Waals surface area (Å²) in [5.74, 6) is -0.846. The van der Waals surface area contributed by atoms with Gasteiger partial charge in [-0.1, -0.05) is 29.3 Å². The molecule has 0 radical (unpaired) electrons. The SMILES string of the molecule is CNC(=O)c1ccc(NC(=O)CN(C)CC(=O)Nc2c(Cl)cccc2Cl)cc1. The number of benzene rings is 2. The number of para-hydroxylation sites is 1.